The zero-order chi connectivity index (χ0) is 7.40. The van der Waals surface area contributed by atoms with E-state index < -0.39 is 0 Å². The Hall–Kier alpha value is -1.24. The van der Waals surface area contributed by atoms with Gasteiger partial charge in [-0.1, -0.05) is 24.3 Å². The van der Waals surface area contributed by atoms with Gasteiger partial charge in [0.2, 0.25) is 0 Å². The number of phenolic OH excluding ortho intramolecular Hbond substituents is 1. The van der Waals surface area contributed by atoms with E-state index in [-0.39, 0.29) is 0 Å². The lowest BCUT2D eigenvalue weighted by Crippen LogP contribution is -1.68. The van der Waals surface area contributed by atoms with E-state index in [1.807, 2.05) is 31.2 Å². The van der Waals surface area contributed by atoms with Crippen molar-refractivity contribution in [3.05, 3.63) is 35.9 Å². The highest BCUT2D eigenvalue weighted by atomic mass is 16.3. The van der Waals surface area contributed by atoms with Crippen LogP contribution in [0, 0.1) is 0 Å². The minimum Gasteiger partial charge on any atom is -0.508 e. The average Bonchev–Trinajstić information content (AvgIpc) is 1.95. The van der Waals surface area contributed by atoms with Crippen LogP contribution in [-0.2, 0) is 0 Å². The summed E-state index contributed by atoms with van der Waals surface area (Å²) in [5, 5.41) is 8.90. The average molecular weight is 134 g/mol. The van der Waals surface area contributed by atoms with E-state index in [0.29, 0.717) is 5.75 Å². The summed E-state index contributed by atoms with van der Waals surface area (Å²) in [5.41, 5.74) is 1.11. The smallest absolute Gasteiger partial charge is 0.115 e. The molecule has 10 heavy (non-hydrogen) atoms. The fourth-order valence-corrected chi connectivity index (χ4v) is 0.778. The zero-order valence-electron chi connectivity index (χ0n) is 5.91. The predicted molar refractivity (Wildman–Crippen MR) is 42.8 cm³/mol. The molecular weight excluding hydrogens is 124 g/mol. The van der Waals surface area contributed by atoms with Gasteiger partial charge in [-0.3, -0.25) is 0 Å². The van der Waals surface area contributed by atoms with Crippen LogP contribution in [-0.4, -0.2) is 5.11 Å². The SMILES string of the molecule is C/C=C/c1ccc(O)cc1. The van der Waals surface area contributed by atoms with E-state index >= 15 is 0 Å². The number of hydrogen-bond acceptors (Lipinski definition) is 1. The number of allylic oxidation sites excluding steroid dienone is 1. The highest BCUT2D eigenvalue weighted by molar-refractivity contribution is 5.49. The molecule has 1 N–H and O–H groups in total. The Morgan fingerprint density at radius 3 is 2.30 bits per heavy atom. The lowest BCUT2D eigenvalue weighted by molar-refractivity contribution is 0.475. The van der Waals surface area contributed by atoms with Crippen LogP contribution in [0.25, 0.3) is 6.08 Å². The summed E-state index contributed by atoms with van der Waals surface area (Å²) < 4.78 is 0. The van der Waals surface area contributed by atoms with Crippen molar-refractivity contribution in [3.8, 4) is 5.75 Å². The van der Waals surface area contributed by atoms with E-state index in [9.17, 15) is 0 Å². The third kappa shape index (κ3) is 1.62. The van der Waals surface area contributed by atoms with Crippen LogP contribution >= 0.6 is 0 Å². The topological polar surface area (TPSA) is 20.2 Å². The molecule has 0 saturated carbocycles. The molecule has 1 aromatic rings. The van der Waals surface area contributed by atoms with Gasteiger partial charge in [-0.25, -0.2) is 0 Å². The Kier molecular flexibility index (Phi) is 2.11. The van der Waals surface area contributed by atoms with Gasteiger partial charge in [0, 0.05) is 0 Å². The summed E-state index contributed by atoms with van der Waals surface area (Å²) in [7, 11) is 0. The first-order valence-corrected chi connectivity index (χ1v) is 3.24. The van der Waals surface area contributed by atoms with Gasteiger partial charge >= 0.3 is 0 Å². The molecule has 52 valence electrons. The Morgan fingerprint density at radius 2 is 1.80 bits per heavy atom. The normalized spacial score (nSPS) is 10.5. The van der Waals surface area contributed by atoms with E-state index in [2.05, 4.69) is 0 Å². The molecule has 0 amide bonds. The van der Waals surface area contributed by atoms with Crippen LogP contribution in [0.4, 0.5) is 0 Å². The molecule has 0 aliphatic carbocycles. The highest BCUT2D eigenvalue weighted by Crippen LogP contribution is 2.10. The van der Waals surface area contributed by atoms with Gasteiger partial charge in [-0.05, 0) is 24.6 Å². The molecule has 0 bridgehead atoms. The van der Waals surface area contributed by atoms with Crippen molar-refractivity contribution in [2.75, 3.05) is 0 Å². The minimum atomic E-state index is 0.313. The maximum atomic E-state index is 8.90. The zero-order valence-corrected chi connectivity index (χ0v) is 5.91. The molecule has 0 radical (unpaired) electrons. The summed E-state index contributed by atoms with van der Waals surface area (Å²) in [6.07, 6.45) is 3.95. The second kappa shape index (κ2) is 3.06. The van der Waals surface area contributed by atoms with Crippen molar-refractivity contribution in [2.45, 2.75) is 6.92 Å². The van der Waals surface area contributed by atoms with Crippen LogP contribution in [0.15, 0.2) is 30.3 Å². The van der Waals surface area contributed by atoms with Crippen molar-refractivity contribution in [1.82, 2.24) is 0 Å². The third-order valence-corrected chi connectivity index (χ3v) is 1.25. The summed E-state index contributed by atoms with van der Waals surface area (Å²) in [6, 6.07) is 7.09. The van der Waals surface area contributed by atoms with E-state index in [1.165, 1.54) is 0 Å². The van der Waals surface area contributed by atoms with Crippen LogP contribution in [0.5, 0.6) is 5.75 Å². The van der Waals surface area contributed by atoms with Gasteiger partial charge < -0.3 is 5.11 Å². The summed E-state index contributed by atoms with van der Waals surface area (Å²) in [5.74, 6) is 0.313. The van der Waals surface area contributed by atoms with E-state index in [1.54, 1.807) is 12.1 Å². The fraction of sp³-hybridized carbons (Fsp3) is 0.111. The van der Waals surface area contributed by atoms with Crippen LogP contribution in [0.2, 0.25) is 0 Å². The summed E-state index contributed by atoms with van der Waals surface area (Å²) in [4.78, 5) is 0. The molecular formula is C9H10O. The van der Waals surface area contributed by atoms with Gasteiger partial charge in [-0.15, -0.1) is 0 Å². The van der Waals surface area contributed by atoms with Gasteiger partial charge in [0.15, 0.2) is 0 Å². The molecule has 0 aromatic heterocycles. The van der Waals surface area contributed by atoms with Gasteiger partial charge in [0.1, 0.15) is 5.75 Å². The van der Waals surface area contributed by atoms with Crippen molar-refractivity contribution >= 4 is 6.08 Å². The monoisotopic (exact) mass is 134 g/mol. The molecule has 0 aliphatic rings. The number of rotatable bonds is 1. The van der Waals surface area contributed by atoms with E-state index in [0.717, 1.165) is 5.56 Å². The Labute approximate surface area is 60.6 Å². The van der Waals surface area contributed by atoms with Crippen LogP contribution in [0.1, 0.15) is 12.5 Å². The number of benzene rings is 1. The number of phenols is 1. The lowest BCUT2D eigenvalue weighted by atomic mass is 10.2. The molecule has 0 atom stereocenters. The second-order valence-corrected chi connectivity index (χ2v) is 2.09. The molecule has 0 spiro atoms. The largest absolute Gasteiger partial charge is 0.508 e. The van der Waals surface area contributed by atoms with Crippen molar-refractivity contribution in [3.63, 3.8) is 0 Å². The fourth-order valence-electron chi connectivity index (χ4n) is 0.778. The number of hydrogen-bond donors (Lipinski definition) is 1. The first-order chi connectivity index (χ1) is 4.83. The van der Waals surface area contributed by atoms with Gasteiger partial charge in [0.05, 0.1) is 0 Å². The Balaban J connectivity index is 2.89. The minimum absolute atomic E-state index is 0.313. The summed E-state index contributed by atoms with van der Waals surface area (Å²) in [6.45, 7) is 1.97. The van der Waals surface area contributed by atoms with Crippen LogP contribution in [0.3, 0.4) is 0 Å². The molecule has 0 fully saturated rings. The molecule has 1 heteroatoms. The first-order valence-electron chi connectivity index (χ1n) is 3.24. The maximum Gasteiger partial charge on any atom is 0.115 e. The molecule has 0 unspecified atom stereocenters. The van der Waals surface area contributed by atoms with Gasteiger partial charge in [0.25, 0.3) is 0 Å². The van der Waals surface area contributed by atoms with Crippen molar-refractivity contribution < 1.29 is 5.11 Å². The standard InChI is InChI=1S/C9H10O/c1-2-3-8-4-6-9(10)7-5-8/h2-7,10H,1H3/b3-2+. The molecule has 1 rings (SSSR count). The van der Waals surface area contributed by atoms with Crippen molar-refractivity contribution in [1.29, 1.82) is 0 Å². The quantitative estimate of drug-likeness (QED) is 0.625. The van der Waals surface area contributed by atoms with E-state index in [4.69, 9.17) is 5.11 Å². The predicted octanol–water partition coefficient (Wildman–Crippen LogP) is 2.43. The van der Waals surface area contributed by atoms with Gasteiger partial charge in [-0.2, -0.15) is 0 Å². The summed E-state index contributed by atoms with van der Waals surface area (Å²) >= 11 is 0. The molecule has 1 nitrogen and oxygen atoms in total. The number of aromatic hydroxyl groups is 1. The Bertz CT molecular complexity index is 221. The maximum absolute atomic E-state index is 8.90. The molecule has 1 aromatic carbocycles. The Morgan fingerprint density at radius 1 is 1.20 bits per heavy atom. The second-order valence-electron chi connectivity index (χ2n) is 2.09. The third-order valence-electron chi connectivity index (χ3n) is 1.25. The molecule has 0 saturated heterocycles. The first kappa shape index (κ1) is 6.87. The lowest BCUT2D eigenvalue weighted by Gasteiger charge is -1.91. The molecule has 0 aliphatic heterocycles. The van der Waals surface area contributed by atoms with Crippen molar-refractivity contribution in [2.24, 2.45) is 0 Å². The molecule has 0 heterocycles. The van der Waals surface area contributed by atoms with Crippen LogP contribution < -0.4 is 0 Å². The highest BCUT2D eigenvalue weighted by Gasteiger charge is 1.85.